The molecule has 1 N–H and O–H groups in total. The van der Waals surface area contributed by atoms with Crippen LogP contribution in [0.5, 0.6) is 5.75 Å². The van der Waals surface area contributed by atoms with Gasteiger partial charge in [-0.2, -0.15) is 0 Å². The highest BCUT2D eigenvalue weighted by Crippen LogP contribution is 2.26. The number of Topliss-reactive ketones (excluding diaryl/α,β-unsaturated/α-hetero) is 2. The van der Waals surface area contributed by atoms with Crippen LogP contribution in [-0.2, 0) is 33.8 Å². The molecule has 1 amide bonds. The lowest BCUT2D eigenvalue weighted by molar-refractivity contribution is -0.157. The van der Waals surface area contributed by atoms with Gasteiger partial charge in [0.05, 0.1) is 17.4 Å². The van der Waals surface area contributed by atoms with Crippen molar-refractivity contribution in [2.24, 2.45) is 17.8 Å². The second-order valence-electron chi connectivity index (χ2n) is 11.8. The quantitative estimate of drug-likeness (QED) is 0.354. The zero-order valence-electron chi connectivity index (χ0n) is 23.9. The maximum absolute atomic E-state index is 13.4. The van der Waals surface area contributed by atoms with Crippen molar-refractivity contribution in [3.05, 3.63) is 24.3 Å². The van der Waals surface area contributed by atoms with Gasteiger partial charge in [-0.15, -0.1) is 0 Å². The highest BCUT2D eigenvalue weighted by atomic mass is 32.2. The second-order valence-corrected chi connectivity index (χ2v) is 13.8. The summed E-state index contributed by atoms with van der Waals surface area (Å²) < 4.78 is 34.4. The summed E-state index contributed by atoms with van der Waals surface area (Å²) >= 11 is 0. The summed E-state index contributed by atoms with van der Waals surface area (Å²) in [5.41, 5.74) is -0.688. The second kappa shape index (κ2) is 14.1. The van der Waals surface area contributed by atoms with Gasteiger partial charge in [-0.1, -0.05) is 20.3 Å². The molecule has 3 atom stereocenters. The van der Waals surface area contributed by atoms with Crippen molar-refractivity contribution < 1.29 is 37.1 Å². The van der Waals surface area contributed by atoms with E-state index in [2.05, 4.69) is 5.32 Å². The number of carbonyl (C=O) groups excluding carboxylic acids is 4. The number of hydrogen-bond donors (Lipinski definition) is 1. The maximum Gasteiger partial charge on any atom is 0.307 e. The van der Waals surface area contributed by atoms with Crippen molar-refractivity contribution in [3.63, 3.8) is 0 Å². The van der Waals surface area contributed by atoms with E-state index in [-0.39, 0.29) is 42.0 Å². The number of benzene rings is 1. The Morgan fingerprint density at radius 3 is 2.26 bits per heavy atom. The lowest BCUT2D eigenvalue weighted by Gasteiger charge is -2.28. The Morgan fingerprint density at radius 1 is 1.08 bits per heavy atom. The minimum Gasteiger partial charge on any atom is -0.486 e. The summed E-state index contributed by atoms with van der Waals surface area (Å²) in [6, 6.07) is 4.74. The fraction of sp³-hybridized carbons (Fsp3) is 0.655. The van der Waals surface area contributed by atoms with Gasteiger partial charge in [0.25, 0.3) is 0 Å². The van der Waals surface area contributed by atoms with Gasteiger partial charge in [-0.25, -0.2) is 8.42 Å². The van der Waals surface area contributed by atoms with Crippen LogP contribution in [0.2, 0.25) is 0 Å². The highest BCUT2D eigenvalue weighted by molar-refractivity contribution is 7.90. The summed E-state index contributed by atoms with van der Waals surface area (Å²) in [5, 5.41) is 2.82. The molecule has 1 aromatic rings. The predicted molar refractivity (Wildman–Crippen MR) is 147 cm³/mol. The predicted octanol–water partition coefficient (Wildman–Crippen LogP) is 4.07. The Bertz CT molecular complexity index is 1120. The summed E-state index contributed by atoms with van der Waals surface area (Å²) in [5.74, 6) is -1.86. The van der Waals surface area contributed by atoms with E-state index in [4.69, 9.17) is 9.47 Å². The molecule has 0 bridgehead atoms. The number of hydrogen-bond acceptors (Lipinski definition) is 8. The van der Waals surface area contributed by atoms with E-state index >= 15 is 0 Å². The molecule has 9 nitrogen and oxygen atoms in total. The van der Waals surface area contributed by atoms with Crippen molar-refractivity contribution in [3.8, 4) is 5.75 Å². The first kappa shape index (κ1) is 32.5. The van der Waals surface area contributed by atoms with Crippen LogP contribution in [-0.4, -0.2) is 56.4 Å². The molecular formula is C29H43NO8S. The van der Waals surface area contributed by atoms with Gasteiger partial charge in [-0.3, -0.25) is 19.2 Å². The molecule has 1 saturated carbocycles. The van der Waals surface area contributed by atoms with Crippen LogP contribution < -0.4 is 10.1 Å². The maximum atomic E-state index is 13.4. The number of amides is 1. The minimum absolute atomic E-state index is 0.0815. The summed E-state index contributed by atoms with van der Waals surface area (Å²) in [6.45, 7) is 8.79. The molecule has 0 radical (unpaired) electrons. The molecule has 0 saturated heterocycles. The third-order valence-electron chi connectivity index (χ3n) is 6.50. The van der Waals surface area contributed by atoms with E-state index in [1.165, 1.54) is 24.3 Å². The standard InChI is InChI=1S/C29H43NO8S/c1-19(2)15-21(17-27(33)38-29(3,4)5)28(34)30-24(16-20-9-7-8-10-25(20)31)26(32)18-37-22-11-13-23(14-12-22)39(6,35)36/h11-14,19-21,24H,7-10,15-18H2,1-6H3,(H,30,34)/t20-,21+,24-/m0/s1. The number of sulfone groups is 1. The SMILES string of the molecule is CC(C)C[C@H](CC(=O)OC(C)(C)C)C(=O)N[C@@H](C[C@@H]1CCCCC1=O)C(=O)COc1ccc(S(C)(=O)=O)cc1. The monoisotopic (exact) mass is 565 g/mol. The number of ether oxygens (including phenoxy) is 2. The average molecular weight is 566 g/mol. The Kier molecular flexibility index (Phi) is 11.7. The van der Waals surface area contributed by atoms with E-state index in [0.29, 0.717) is 25.0 Å². The molecule has 0 aliphatic heterocycles. The Hall–Kier alpha value is -2.75. The summed E-state index contributed by atoms with van der Waals surface area (Å²) in [4.78, 5) is 51.8. The molecule has 0 heterocycles. The van der Waals surface area contributed by atoms with E-state index < -0.39 is 45.1 Å². The van der Waals surface area contributed by atoms with Crippen molar-refractivity contribution in [1.29, 1.82) is 0 Å². The normalized spacial score (nSPS) is 17.8. The molecule has 218 valence electrons. The van der Waals surface area contributed by atoms with Crippen LogP contribution in [0.1, 0.15) is 79.6 Å². The van der Waals surface area contributed by atoms with Crippen LogP contribution in [0.15, 0.2) is 29.2 Å². The van der Waals surface area contributed by atoms with E-state index in [9.17, 15) is 27.6 Å². The largest absolute Gasteiger partial charge is 0.486 e. The average Bonchev–Trinajstić information content (AvgIpc) is 2.81. The number of nitrogens with one attached hydrogen (secondary N) is 1. The molecule has 0 spiro atoms. The third-order valence-corrected chi connectivity index (χ3v) is 7.63. The molecule has 1 aliphatic rings. The zero-order chi connectivity index (χ0) is 29.4. The smallest absolute Gasteiger partial charge is 0.307 e. The van der Waals surface area contributed by atoms with Crippen molar-refractivity contribution in [2.75, 3.05) is 12.9 Å². The van der Waals surface area contributed by atoms with Crippen LogP contribution in [0, 0.1) is 17.8 Å². The summed E-state index contributed by atoms with van der Waals surface area (Å²) in [6.07, 6.45) is 4.38. The van der Waals surface area contributed by atoms with Crippen LogP contribution >= 0.6 is 0 Å². The molecule has 10 heteroatoms. The van der Waals surface area contributed by atoms with Crippen LogP contribution in [0.3, 0.4) is 0 Å². The topological polar surface area (TPSA) is 133 Å². The number of carbonyl (C=O) groups is 4. The van der Waals surface area contributed by atoms with Gasteiger partial charge in [0.1, 0.15) is 23.7 Å². The molecule has 1 fully saturated rings. The fourth-order valence-electron chi connectivity index (χ4n) is 4.62. The Balaban J connectivity index is 2.17. The molecule has 2 rings (SSSR count). The van der Waals surface area contributed by atoms with Gasteiger partial charge < -0.3 is 14.8 Å². The number of ketones is 2. The van der Waals surface area contributed by atoms with Crippen LogP contribution in [0.4, 0.5) is 0 Å². The molecular weight excluding hydrogens is 522 g/mol. The van der Waals surface area contributed by atoms with Gasteiger partial charge in [-0.05, 0) is 76.6 Å². The molecule has 0 aromatic heterocycles. The molecule has 0 unspecified atom stereocenters. The lowest BCUT2D eigenvalue weighted by atomic mass is 9.82. The Morgan fingerprint density at radius 2 is 1.72 bits per heavy atom. The fourth-order valence-corrected chi connectivity index (χ4v) is 5.25. The van der Waals surface area contributed by atoms with Gasteiger partial charge in [0.2, 0.25) is 5.91 Å². The molecule has 1 aliphatic carbocycles. The summed E-state index contributed by atoms with van der Waals surface area (Å²) in [7, 11) is -3.37. The van der Waals surface area contributed by atoms with Crippen molar-refractivity contribution in [2.45, 2.75) is 96.1 Å². The minimum atomic E-state index is -3.37. The number of esters is 1. The number of rotatable bonds is 13. The zero-order valence-corrected chi connectivity index (χ0v) is 24.8. The van der Waals surface area contributed by atoms with Gasteiger partial charge in [0.15, 0.2) is 15.6 Å². The Labute approximate surface area is 232 Å². The molecule has 1 aromatic carbocycles. The highest BCUT2D eigenvalue weighted by Gasteiger charge is 2.33. The first-order chi connectivity index (χ1) is 18.0. The third kappa shape index (κ3) is 11.5. The van der Waals surface area contributed by atoms with Crippen molar-refractivity contribution >= 4 is 33.3 Å². The van der Waals surface area contributed by atoms with E-state index in [1.807, 2.05) is 13.8 Å². The first-order valence-electron chi connectivity index (χ1n) is 13.6. The van der Waals surface area contributed by atoms with Crippen LogP contribution in [0.25, 0.3) is 0 Å². The van der Waals surface area contributed by atoms with Gasteiger partial charge >= 0.3 is 5.97 Å². The van der Waals surface area contributed by atoms with Crippen molar-refractivity contribution in [1.82, 2.24) is 5.32 Å². The molecule has 39 heavy (non-hydrogen) atoms. The lowest BCUT2D eigenvalue weighted by Crippen LogP contribution is -2.47. The van der Waals surface area contributed by atoms with E-state index in [1.54, 1.807) is 20.8 Å². The van der Waals surface area contributed by atoms with Gasteiger partial charge in [0, 0.05) is 24.5 Å². The van der Waals surface area contributed by atoms with E-state index in [0.717, 1.165) is 19.1 Å². The first-order valence-corrected chi connectivity index (χ1v) is 15.4.